The molecule has 158 valence electrons. The highest BCUT2D eigenvalue weighted by molar-refractivity contribution is 7.93. The van der Waals surface area contributed by atoms with Crippen LogP contribution in [0.2, 0.25) is 0 Å². The van der Waals surface area contributed by atoms with E-state index < -0.39 is 15.3 Å². The first-order valence-electron chi connectivity index (χ1n) is 9.83. The van der Waals surface area contributed by atoms with E-state index in [2.05, 4.69) is 14.7 Å². The molecule has 0 aliphatic heterocycles. The summed E-state index contributed by atoms with van der Waals surface area (Å²) in [5.74, 6) is 0.197. The summed E-state index contributed by atoms with van der Waals surface area (Å²) >= 11 is 0. The molecule has 0 atom stereocenters. The van der Waals surface area contributed by atoms with Crippen molar-refractivity contribution in [3.05, 3.63) is 33.7 Å². The van der Waals surface area contributed by atoms with Crippen LogP contribution < -0.4 is 15.0 Å². The zero-order valence-electron chi connectivity index (χ0n) is 17.5. The van der Waals surface area contributed by atoms with E-state index in [-0.39, 0.29) is 23.5 Å². The molecule has 8 nitrogen and oxygen atoms in total. The van der Waals surface area contributed by atoms with Crippen LogP contribution >= 0.6 is 0 Å². The molecule has 9 heteroatoms. The number of ether oxygens (including phenoxy) is 1. The van der Waals surface area contributed by atoms with Crippen molar-refractivity contribution in [2.75, 3.05) is 4.72 Å². The Bertz CT molecular complexity index is 1040. The maximum Gasteiger partial charge on any atom is 0.319 e. The Morgan fingerprint density at radius 1 is 1.21 bits per heavy atom. The fourth-order valence-corrected chi connectivity index (χ4v) is 4.05. The number of aromatic nitrogens is 3. The summed E-state index contributed by atoms with van der Waals surface area (Å²) in [6, 6.07) is 1.89. The molecule has 2 heterocycles. The SMILES string of the molecule is Cc1c(NS(=O)(=O)C(C)C)nc(OC2CCCC2)nc1-c1cc(C)c(=O)n(C)c1. The highest BCUT2D eigenvalue weighted by atomic mass is 32.2. The van der Waals surface area contributed by atoms with Crippen LogP contribution in [-0.2, 0) is 17.1 Å². The second-order valence-electron chi connectivity index (χ2n) is 7.88. The normalized spacial score (nSPS) is 15.1. The highest BCUT2D eigenvalue weighted by Gasteiger charge is 2.23. The summed E-state index contributed by atoms with van der Waals surface area (Å²) in [5, 5.41) is -0.612. The van der Waals surface area contributed by atoms with Gasteiger partial charge in [-0.05, 0) is 59.4 Å². The van der Waals surface area contributed by atoms with Crippen molar-refractivity contribution in [2.24, 2.45) is 7.05 Å². The Morgan fingerprint density at radius 3 is 2.45 bits per heavy atom. The molecule has 0 unspecified atom stereocenters. The molecule has 2 aromatic heterocycles. The number of nitrogens with zero attached hydrogens (tertiary/aromatic N) is 3. The lowest BCUT2D eigenvalue weighted by atomic mass is 10.1. The van der Waals surface area contributed by atoms with Crippen LogP contribution in [-0.4, -0.2) is 34.3 Å². The Morgan fingerprint density at radius 2 is 1.86 bits per heavy atom. The van der Waals surface area contributed by atoms with Gasteiger partial charge in [-0.1, -0.05) is 0 Å². The van der Waals surface area contributed by atoms with Crippen molar-refractivity contribution in [1.29, 1.82) is 0 Å². The molecule has 3 rings (SSSR count). The predicted octanol–water partition coefficient (Wildman–Crippen LogP) is 2.93. The van der Waals surface area contributed by atoms with Crippen molar-refractivity contribution >= 4 is 15.8 Å². The molecular formula is C20H28N4O4S. The monoisotopic (exact) mass is 420 g/mol. The topological polar surface area (TPSA) is 103 Å². The van der Waals surface area contributed by atoms with Crippen molar-refractivity contribution in [2.45, 2.75) is 64.7 Å². The summed E-state index contributed by atoms with van der Waals surface area (Å²) in [6.45, 7) is 6.70. The molecule has 1 saturated carbocycles. The Balaban J connectivity index is 2.13. The van der Waals surface area contributed by atoms with E-state index >= 15 is 0 Å². The molecule has 1 aliphatic rings. The Hall–Kier alpha value is -2.42. The van der Waals surface area contributed by atoms with E-state index in [1.54, 1.807) is 47.0 Å². The summed E-state index contributed by atoms with van der Waals surface area (Å²) in [4.78, 5) is 21.0. The molecule has 1 N–H and O–H groups in total. The number of aryl methyl sites for hydroxylation is 2. The van der Waals surface area contributed by atoms with Gasteiger partial charge in [-0.25, -0.2) is 8.42 Å². The molecule has 0 aromatic carbocycles. The van der Waals surface area contributed by atoms with Crippen LogP contribution in [0.3, 0.4) is 0 Å². The van der Waals surface area contributed by atoms with Gasteiger partial charge >= 0.3 is 6.01 Å². The average molecular weight is 421 g/mol. The van der Waals surface area contributed by atoms with E-state index in [9.17, 15) is 13.2 Å². The number of rotatable bonds is 6. The van der Waals surface area contributed by atoms with Crippen LogP contribution in [0.25, 0.3) is 11.3 Å². The third-order valence-electron chi connectivity index (χ3n) is 5.19. The molecule has 0 spiro atoms. The van der Waals surface area contributed by atoms with Crippen LogP contribution in [0.15, 0.2) is 17.1 Å². The predicted molar refractivity (Wildman–Crippen MR) is 113 cm³/mol. The Labute approximate surface area is 171 Å². The number of nitrogens with one attached hydrogen (secondary N) is 1. The lowest BCUT2D eigenvalue weighted by Gasteiger charge is -2.18. The molecule has 1 fully saturated rings. The number of hydrogen-bond donors (Lipinski definition) is 1. The van der Waals surface area contributed by atoms with Crippen molar-refractivity contribution < 1.29 is 13.2 Å². The van der Waals surface area contributed by atoms with Crippen molar-refractivity contribution in [3.8, 4) is 17.3 Å². The van der Waals surface area contributed by atoms with Crippen LogP contribution in [0, 0.1) is 13.8 Å². The minimum atomic E-state index is -3.59. The van der Waals surface area contributed by atoms with E-state index in [1.165, 1.54) is 4.57 Å². The smallest absolute Gasteiger partial charge is 0.319 e. The summed E-state index contributed by atoms with van der Waals surface area (Å²) in [5.41, 5.74) is 2.29. The van der Waals surface area contributed by atoms with Crippen molar-refractivity contribution in [3.63, 3.8) is 0 Å². The van der Waals surface area contributed by atoms with Crippen LogP contribution in [0.5, 0.6) is 6.01 Å². The summed E-state index contributed by atoms with van der Waals surface area (Å²) in [6.07, 6.45) is 5.76. The summed E-state index contributed by atoms with van der Waals surface area (Å²) in [7, 11) is -1.92. The van der Waals surface area contributed by atoms with Crippen LogP contribution in [0.1, 0.15) is 50.7 Å². The Kier molecular flexibility index (Phi) is 5.97. The fraction of sp³-hybridized carbons (Fsp3) is 0.550. The minimum Gasteiger partial charge on any atom is -0.460 e. The first-order chi connectivity index (χ1) is 13.6. The van der Waals surface area contributed by atoms with Crippen LogP contribution in [0.4, 0.5) is 5.82 Å². The fourth-order valence-electron chi connectivity index (χ4n) is 3.34. The van der Waals surface area contributed by atoms with Gasteiger partial charge in [-0.15, -0.1) is 0 Å². The van der Waals surface area contributed by atoms with Gasteiger partial charge in [-0.3, -0.25) is 9.52 Å². The first kappa shape index (κ1) is 21.3. The first-order valence-corrected chi connectivity index (χ1v) is 11.4. The molecule has 29 heavy (non-hydrogen) atoms. The van der Waals surface area contributed by atoms with E-state index in [1.807, 2.05) is 0 Å². The van der Waals surface area contributed by atoms with Gasteiger partial charge in [0.1, 0.15) is 11.9 Å². The average Bonchev–Trinajstić information content (AvgIpc) is 3.14. The molecule has 0 bridgehead atoms. The van der Waals surface area contributed by atoms with Gasteiger partial charge in [-0.2, -0.15) is 9.97 Å². The largest absolute Gasteiger partial charge is 0.460 e. The number of sulfonamides is 1. The zero-order valence-corrected chi connectivity index (χ0v) is 18.3. The minimum absolute atomic E-state index is 0.0296. The standard InChI is InChI=1S/C20H28N4O4S/c1-12(2)29(26,27)23-18-14(4)17(15-10-13(3)19(25)24(5)11-15)21-20(22-18)28-16-8-6-7-9-16/h10-12,16H,6-9H2,1-5H3,(H,21,22,23). The molecule has 0 radical (unpaired) electrons. The lowest BCUT2D eigenvalue weighted by Crippen LogP contribution is -2.24. The second-order valence-corrected chi connectivity index (χ2v) is 10.1. The van der Waals surface area contributed by atoms with Gasteiger partial charge in [0.05, 0.1) is 10.9 Å². The zero-order chi connectivity index (χ0) is 21.3. The number of anilines is 1. The molecular weight excluding hydrogens is 392 g/mol. The number of pyridine rings is 1. The van der Waals surface area contributed by atoms with Gasteiger partial charge in [0.15, 0.2) is 0 Å². The third kappa shape index (κ3) is 4.60. The third-order valence-corrected chi connectivity index (χ3v) is 6.91. The van der Waals surface area contributed by atoms with Gasteiger partial charge in [0.25, 0.3) is 5.56 Å². The quantitative estimate of drug-likeness (QED) is 0.771. The van der Waals surface area contributed by atoms with E-state index in [0.29, 0.717) is 22.4 Å². The van der Waals surface area contributed by atoms with Gasteiger partial charge < -0.3 is 9.30 Å². The lowest BCUT2D eigenvalue weighted by molar-refractivity contribution is 0.192. The summed E-state index contributed by atoms with van der Waals surface area (Å²) < 4.78 is 34.9. The number of hydrogen-bond acceptors (Lipinski definition) is 6. The molecule has 2 aromatic rings. The molecule has 0 amide bonds. The van der Waals surface area contributed by atoms with Gasteiger partial charge in [0.2, 0.25) is 10.0 Å². The van der Waals surface area contributed by atoms with Crippen molar-refractivity contribution in [1.82, 2.24) is 14.5 Å². The van der Waals surface area contributed by atoms with Gasteiger partial charge in [0, 0.05) is 29.9 Å². The van der Waals surface area contributed by atoms with E-state index in [4.69, 9.17) is 4.74 Å². The highest BCUT2D eigenvalue weighted by Crippen LogP contribution is 2.30. The molecule has 0 saturated heterocycles. The maximum absolute atomic E-state index is 12.5. The second kappa shape index (κ2) is 8.14. The maximum atomic E-state index is 12.5. The van der Waals surface area contributed by atoms with E-state index in [0.717, 1.165) is 25.7 Å². The molecule has 1 aliphatic carbocycles.